The minimum absolute atomic E-state index is 0.000749. The maximum Gasteiger partial charge on any atom is 0.407 e. The van der Waals surface area contributed by atoms with Crippen LogP contribution in [0.5, 0.6) is 5.75 Å². The summed E-state index contributed by atoms with van der Waals surface area (Å²) in [7, 11) is 0. The number of fused-ring (bicyclic) bond motifs is 5. The van der Waals surface area contributed by atoms with Gasteiger partial charge in [0.2, 0.25) is 34.8 Å². The topological polar surface area (TPSA) is 73.9 Å². The number of hydrogen-bond donors (Lipinski definition) is 1. The monoisotopic (exact) mass is 697 g/mol. The number of allylic oxidation sites excluding steroid dienone is 1. The predicted molar refractivity (Wildman–Crippen MR) is 174 cm³/mol. The molecule has 6 nitrogen and oxygen atoms in total. The molecule has 1 aromatic rings. The third-order valence-electron chi connectivity index (χ3n) is 12.5. The van der Waals surface area contributed by atoms with Crippen molar-refractivity contribution >= 4 is 12.1 Å². The quantitative estimate of drug-likeness (QED) is 0.0423. The summed E-state index contributed by atoms with van der Waals surface area (Å²) in [5, 5.41) is 2.63. The Balaban J connectivity index is 1.02. The Kier molecular flexibility index (Phi) is 12.0. The van der Waals surface area contributed by atoms with Gasteiger partial charge in [0, 0.05) is 13.0 Å². The molecule has 1 amide bonds. The van der Waals surface area contributed by atoms with Gasteiger partial charge in [0.05, 0.1) is 19.6 Å². The van der Waals surface area contributed by atoms with Crippen LogP contribution in [-0.2, 0) is 14.3 Å². The highest BCUT2D eigenvalue weighted by Gasteiger charge is 2.58. The number of unbranched alkanes of at least 4 members (excludes halogenated alkanes) is 1. The number of carbonyl (C=O) groups is 2. The van der Waals surface area contributed by atoms with Gasteiger partial charge in [-0.15, -0.1) is 0 Å². The number of nitrogens with one attached hydrogen (secondary N) is 1. The molecule has 11 heteroatoms. The average Bonchev–Trinajstić information content (AvgIpc) is 3.40. The molecule has 1 N–H and O–H groups in total. The van der Waals surface area contributed by atoms with E-state index in [2.05, 4.69) is 43.8 Å². The highest BCUT2D eigenvalue weighted by Crippen LogP contribution is 2.66. The molecule has 4 aliphatic rings. The molecular formula is C38H52F5NO5. The van der Waals surface area contributed by atoms with Crippen molar-refractivity contribution in [2.45, 2.75) is 117 Å². The Morgan fingerprint density at radius 2 is 1.61 bits per heavy atom. The van der Waals surface area contributed by atoms with Crippen LogP contribution in [0.4, 0.5) is 26.7 Å². The number of benzene rings is 1. The highest BCUT2D eigenvalue weighted by atomic mass is 19.2. The van der Waals surface area contributed by atoms with Crippen LogP contribution in [0.1, 0.15) is 111 Å². The van der Waals surface area contributed by atoms with E-state index in [0.29, 0.717) is 11.3 Å². The maximum absolute atomic E-state index is 13.7. The highest BCUT2D eigenvalue weighted by molar-refractivity contribution is 5.72. The van der Waals surface area contributed by atoms with E-state index in [4.69, 9.17) is 9.47 Å². The average molecular weight is 698 g/mol. The Labute approximate surface area is 286 Å². The first-order valence-electron chi connectivity index (χ1n) is 18.2. The number of hydrogen-bond acceptors (Lipinski definition) is 5. The van der Waals surface area contributed by atoms with Gasteiger partial charge in [-0.25, -0.2) is 18.0 Å². The summed E-state index contributed by atoms with van der Waals surface area (Å²) in [6.45, 7) is 9.51. The first kappa shape index (κ1) is 37.6. The van der Waals surface area contributed by atoms with Crippen molar-refractivity contribution in [2.24, 2.45) is 40.4 Å². The molecule has 1 aromatic carbocycles. The van der Waals surface area contributed by atoms with Gasteiger partial charge in [0.25, 0.3) is 0 Å². The molecular weight excluding hydrogens is 645 g/mol. The fourth-order valence-electron chi connectivity index (χ4n) is 9.77. The van der Waals surface area contributed by atoms with Gasteiger partial charge in [-0.3, -0.25) is 4.79 Å². The van der Waals surface area contributed by atoms with E-state index in [1.807, 2.05) is 0 Å². The molecule has 0 aliphatic heterocycles. The molecule has 274 valence electrons. The van der Waals surface area contributed by atoms with E-state index in [0.717, 1.165) is 49.4 Å². The molecule has 0 spiro atoms. The number of alkyl carbamates (subject to hydrolysis) is 1. The number of ether oxygens (including phenoxy) is 3. The van der Waals surface area contributed by atoms with Gasteiger partial charge in [0.15, 0.2) is 0 Å². The van der Waals surface area contributed by atoms with Crippen molar-refractivity contribution in [3.05, 3.63) is 40.7 Å². The summed E-state index contributed by atoms with van der Waals surface area (Å²) in [5.41, 5.74) is 2.06. The van der Waals surface area contributed by atoms with Crippen molar-refractivity contribution in [3.63, 3.8) is 0 Å². The second-order valence-electron chi connectivity index (χ2n) is 15.7. The summed E-state index contributed by atoms with van der Waals surface area (Å²) in [5.74, 6) is -10.3. The van der Waals surface area contributed by atoms with Gasteiger partial charge in [-0.1, -0.05) is 58.6 Å². The molecule has 7 unspecified atom stereocenters. The molecule has 0 aromatic heterocycles. The molecule has 0 saturated heterocycles. The number of halogens is 5. The predicted octanol–water partition coefficient (Wildman–Crippen LogP) is 9.58. The van der Waals surface area contributed by atoms with E-state index in [9.17, 15) is 31.5 Å². The number of carbonyl (C=O) groups excluding carboxylic acids is 2. The SMILES string of the molecule is CC(C)CCCCC1CCC2C3CC=C4CC(OC(=O)NCCOCCC(=O)Oc5c(F)c(F)c(F)c(F)c5F)CCC4(C)C3CCC12C. The van der Waals surface area contributed by atoms with E-state index >= 15 is 0 Å². The molecule has 7 atom stereocenters. The molecule has 0 bridgehead atoms. The second-order valence-corrected chi connectivity index (χ2v) is 15.7. The van der Waals surface area contributed by atoms with Crippen LogP contribution in [-0.4, -0.2) is 37.9 Å². The summed E-state index contributed by atoms with van der Waals surface area (Å²) in [6, 6.07) is 0. The molecule has 0 heterocycles. The lowest BCUT2D eigenvalue weighted by Gasteiger charge is -2.58. The van der Waals surface area contributed by atoms with Crippen LogP contribution in [0, 0.1) is 69.5 Å². The smallest absolute Gasteiger partial charge is 0.407 e. The van der Waals surface area contributed by atoms with Crippen LogP contribution in [0.2, 0.25) is 0 Å². The summed E-state index contributed by atoms with van der Waals surface area (Å²) >= 11 is 0. The Hall–Kier alpha value is -2.69. The summed E-state index contributed by atoms with van der Waals surface area (Å²) in [6.07, 6.45) is 15.7. The van der Waals surface area contributed by atoms with Gasteiger partial charge in [-0.05, 0) is 91.8 Å². The van der Waals surface area contributed by atoms with Crippen LogP contribution in [0.15, 0.2) is 11.6 Å². The van der Waals surface area contributed by atoms with Gasteiger partial charge in [0.1, 0.15) is 6.10 Å². The summed E-state index contributed by atoms with van der Waals surface area (Å²) in [4.78, 5) is 24.4. The van der Waals surface area contributed by atoms with E-state index in [1.165, 1.54) is 56.9 Å². The Bertz CT molecular complexity index is 1370. The molecule has 4 aliphatic carbocycles. The molecule has 3 saturated carbocycles. The minimum atomic E-state index is -2.35. The lowest BCUT2D eigenvalue weighted by Crippen LogP contribution is -2.50. The van der Waals surface area contributed by atoms with E-state index < -0.39 is 53.3 Å². The zero-order valence-electron chi connectivity index (χ0n) is 29.3. The summed E-state index contributed by atoms with van der Waals surface area (Å²) < 4.78 is 82.5. The first-order chi connectivity index (χ1) is 23.3. The molecule has 0 radical (unpaired) electrons. The largest absolute Gasteiger partial charge is 0.446 e. The fourth-order valence-corrected chi connectivity index (χ4v) is 9.77. The lowest BCUT2D eigenvalue weighted by molar-refractivity contribution is -0.136. The van der Waals surface area contributed by atoms with Crippen LogP contribution in [0.25, 0.3) is 0 Å². The zero-order valence-corrected chi connectivity index (χ0v) is 29.3. The third-order valence-corrected chi connectivity index (χ3v) is 12.5. The molecule has 49 heavy (non-hydrogen) atoms. The van der Waals surface area contributed by atoms with Crippen molar-refractivity contribution in [3.8, 4) is 5.75 Å². The molecule has 5 rings (SSSR count). The zero-order chi connectivity index (χ0) is 35.5. The van der Waals surface area contributed by atoms with Crippen molar-refractivity contribution in [1.82, 2.24) is 5.32 Å². The minimum Gasteiger partial charge on any atom is -0.446 e. The van der Waals surface area contributed by atoms with Crippen molar-refractivity contribution in [1.29, 1.82) is 0 Å². The maximum atomic E-state index is 13.7. The number of rotatable bonds is 13. The Morgan fingerprint density at radius 3 is 2.33 bits per heavy atom. The van der Waals surface area contributed by atoms with Crippen molar-refractivity contribution < 1.29 is 45.8 Å². The van der Waals surface area contributed by atoms with Crippen LogP contribution < -0.4 is 10.1 Å². The Morgan fingerprint density at radius 1 is 0.898 bits per heavy atom. The van der Waals surface area contributed by atoms with Crippen LogP contribution >= 0.6 is 0 Å². The number of amides is 1. The third kappa shape index (κ3) is 7.96. The van der Waals surface area contributed by atoms with Gasteiger partial charge >= 0.3 is 12.1 Å². The number of esters is 1. The molecule has 3 fully saturated rings. The van der Waals surface area contributed by atoms with Crippen LogP contribution in [0.3, 0.4) is 0 Å². The van der Waals surface area contributed by atoms with Crippen molar-refractivity contribution in [2.75, 3.05) is 19.8 Å². The lowest BCUT2D eigenvalue weighted by atomic mass is 9.47. The first-order valence-corrected chi connectivity index (χ1v) is 18.2. The normalized spacial score (nSPS) is 30.7. The second kappa shape index (κ2) is 15.7. The van der Waals surface area contributed by atoms with E-state index in [1.54, 1.807) is 0 Å². The van der Waals surface area contributed by atoms with Gasteiger partial charge < -0.3 is 19.5 Å². The van der Waals surface area contributed by atoms with E-state index in [-0.39, 0.29) is 31.3 Å². The fraction of sp³-hybridized carbons (Fsp3) is 0.737. The standard InChI is InChI=1S/C38H52F5NO5/c1-22(2)7-5-6-8-23-10-12-27-26-11-9-24-21-25(13-16-38(24,4)28(26)14-17-37(23,27)3)48-36(46)44-18-20-47-19-15-29(45)49-35-33(42)31(40)30(39)32(41)34(35)43/h9,22-23,25-28H,5-8,10-21H2,1-4H3,(H,44,46). The van der Waals surface area contributed by atoms with Gasteiger partial charge in [-0.2, -0.15) is 8.78 Å².